The molecule has 0 spiro atoms. The standard InChI is InChI=1S/C7H11NO7P2.Na.H/c9-7(17(13,14)15)6(16(10,11)12)5-2-1-3-8-4-5;;/h1-4,6-7,9H,(H2,10,11,12)(H2,13,14,15);;. The summed E-state index contributed by atoms with van der Waals surface area (Å²) in [6, 6.07) is 2.56. The fourth-order valence-corrected chi connectivity index (χ4v) is 3.75. The summed E-state index contributed by atoms with van der Waals surface area (Å²) < 4.78 is 22.1. The monoisotopic (exact) mass is 307 g/mol. The van der Waals surface area contributed by atoms with Gasteiger partial charge in [-0.1, -0.05) is 6.07 Å². The van der Waals surface area contributed by atoms with Crippen LogP contribution >= 0.6 is 15.2 Å². The molecular weight excluding hydrogens is 295 g/mol. The third-order valence-electron chi connectivity index (χ3n) is 2.02. The van der Waals surface area contributed by atoms with Crippen LogP contribution in [-0.2, 0) is 9.13 Å². The van der Waals surface area contributed by atoms with Crippen molar-refractivity contribution in [2.24, 2.45) is 0 Å². The van der Waals surface area contributed by atoms with Crippen LogP contribution in [-0.4, -0.2) is 65.1 Å². The number of aliphatic hydroxyl groups excluding tert-OH is 1. The van der Waals surface area contributed by atoms with Crippen molar-refractivity contribution in [3.8, 4) is 0 Å². The van der Waals surface area contributed by atoms with Gasteiger partial charge in [-0.2, -0.15) is 0 Å². The van der Waals surface area contributed by atoms with Gasteiger partial charge in [-0.15, -0.1) is 0 Å². The number of hydrogen-bond acceptors (Lipinski definition) is 4. The molecule has 0 aliphatic rings. The molecule has 98 valence electrons. The van der Waals surface area contributed by atoms with E-state index in [1.807, 2.05) is 0 Å². The Bertz CT molecular complexity index is 472. The number of rotatable bonds is 4. The second kappa shape index (κ2) is 6.72. The van der Waals surface area contributed by atoms with Gasteiger partial charge < -0.3 is 24.7 Å². The third kappa shape index (κ3) is 4.83. The first-order valence-corrected chi connectivity index (χ1v) is 7.69. The maximum absolute atomic E-state index is 11.2. The Kier molecular flexibility index (Phi) is 6.87. The van der Waals surface area contributed by atoms with E-state index >= 15 is 0 Å². The molecular formula is C7H12NNaO7P2. The summed E-state index contributed by atoms with van der Waals surface area (Å²) in [6.07, 6.45) is 2.35. The Morgan fingerprint density at radius 3 is 2.00 bits per heavy atom. The van der Waals surface area contributed by atoms with E-state index in [1.54, 1.807) is 0 Å². The van der Waals surface area contributed by atoms with Gasteiger partial charge in [0.05, 0.1) is 0 Å². The van der Waals surface area contributed by atoms with Crippen molar-refractivity contribution in [2.75, 3.05) is 0 Å². The zero-order chi connectivity index (χ0) is 13.3. The number of hydrogen-bond donors (Lipinski definition) is 5. The van der Waals surface area contributed by atoms with Gasteiger partial charge in [0.25, 0.3) is 0 Å². The average molecular weight is 307 g/mol. The van der Waals surface area contributed by atoms with Gasteiger partial charge in [-0.3, -0.25) is 14.1 Å². The van der Waals surface area contributed by atoms with E-state index in [-0.39, 0.29) is 35.1 Å². The molecule has 1 heterocycles. The first-order valence-electron chi connectivity index (χ1n) is 4.32. The zero-order valence-electron chi connectivity index (χ0n) is 8.36. The molecule has 0 amide bonds. The van der Waals surface area contributed by atoms with E-state index < -0.39 is 26.7 Å². The normalized spacial score (nSPS) is 15.6. The van der Waals surface area contributed by atoms with E-state index in [0.29, 0.717) is 0 Å². The summed E-state index contributed by atoms with van der Waals surface area (Å²) >= 11 is 0. The van der Waals surface area contributed by atoms with Crippen LogP contribution in [0.25, 0.3) is 0 Å². The van der Waals surface area contributed by atoms with Gasteiger partial charge in [-0.05, 0) is 11.6 Å². The van der Waals surface area contributed by atoms with Crippen molar-refractivity contribution < 1.29 is 33.8 Å². The fraction of sp³-hybridized carbons (Fsp3) is 0.286. The van der Waals surface area contributed by atoms with Gasteiger partial charge in [0.2, 0.25) is 0 Å². The minimum atomic E-state index is -5.04. The van der Waals surface area contributed by atoms with Crippen LogP contribution in [0.4, 0.5) is 0 Å². The molecule has 0 radical (unpaired) electrons. The molecule has 8 nitrogen and oxygen atoms in total. The molecule has 0 bridgehead atoms. The van der Waals surface area contributed by atoms with Crippen molar-refractivity contribution in [3.05, 3.63) is 30.1 Å². The van der Waals surface area contributed by atoms with Crippen LogP contribution in [0.15, 0.2) is 24.5 Å². The van der Waals surface area contributed by atoms with Crippen LogP contribution in [0.1, 0.15) is 11.2 Å². The van der Waals surface area contributed by atoms with E-state index in [0.717, 1.165) is 6.20 Å². The van der Waals surface area contributed by atoms with Crippen molar-refractivity contribution in [3.63, 3.8) is 0 Å². The molecule has 0 saturated carbocycles. The number of nitrogens with zero attached hydrogens (tertiary/aromatic N) is 1. The Morgan fingerprint density at radius 2 is 1.67 bits per heavy atom. The SMILES string of the molecule is O=P(O)(O)C(O)C(c1cccnc1)P(=O)(O)O.[NaH]. The predicted molar refractivity (Wildman–Crippen MR) is 64.2 cm³/mol. The average Bonchev–Trinajstić information content (AvgIpc) is 2.15. The molecule has 1 rings (SSSR count). The molecule has 0 aliphatic carbocycles. The van der Waals surface area contributed by atoms with Gasteiger partial charge in [-0.25, -0.2) is 0 Å². The van der Waals surface area contributed by atoms with Gasteiger partial charge in [0.15, 0.2) is 5.85 Å². The minimum absolute atomic E-state index is 0. The van der Waals surface area contributed by atoms with E-state index in [4.69, 9.17) is 19.6 Å². The van der Waals surface area contributed by atoms with Crippen molar-refractivity contribution in [1.82, 2.24) is 4.98 Å². The second-order valence-corrected chi connectivity index (χ2v) is 6.76. The molecule has 0 saturated heterocycles. The number of pyridine rings is 1. The molecule has 1 aromatic rings. The van der Waals surface area contributed by atoms with Gasteiger partial charge in [0, 0.05) is 12.4 Å². The van der Waals surface area contributed by atoms with Crippen LogP contribution in [0.5, 0.6) is 0 Å². The third-order valence-corrected chi connectivity index (χ3v) is 4.54. The summed E-state index contributed by atoms with van der Waals surface area (Å²) in [5, 5.41) is 9.35. The van der Waals surface area contributed by atoms with E-state index in [9.17, 15) is 14.2 Å². The van der Waals surface area contributed by atoms with Gasteiger partial charge >= 0.3 is 44.7 Å². The van der Waals surface area contributed by atoms with Crippen molar-refractivity contribution >= 4 is 44.7 Å². The summed E-state index contributed by atoms with van der Waals surface area (Å²) in [5.74, 6) is -2.48. The number of aliphatic hydroxyl groups is 1. The number of aromatic nitrogens is 1. The van der Waals surface area contributed by atoms with Crippen LogP contribution in [0.2, 0.25) is 0 Å². The molecule has 0 aromatic carbocycles. The van der Waals surface area contributed by atoms with E-state index in [2.05, 4.69) is 4.98 Å². The Labute approximate surface area is 125 Å². The first-order chi connectivity index (χ1) is 7.64. The summed E-state index contributed by atoms with van der Waals surface area (Å²) in [7, 11) is -9.97. The van der Waals surface area contributed by atoms with Crippen LogP contribution in [0, 0.1) is 0 Å². The topological polar surface area (TPSA) is 148 Å². The zero-order valence-corrected chi connectivity index (χ0v) is 10.1. The van der Waals surface area contributed by atoms with Crippen molar-refractivity contribution in [2.45, 2.75) is 11.5 Å². The molecule has 1 aromatic heterocycles. The molecule has 5 N–H and O–H groups in total. The Balaban J connectivity index is 0.00000289. The molecule has 2 atom stereocenters. The molecule has 18 heavy (non-hydrogen) atoms. The first kappa shape index (κ1) is 18.4. The predicted octanol–water partition coefficient (Wildman–Crippen LogP) is -0.852. The second-order valence-electron chi connectivity index (χ2n) is 3.32. The summed E-state index contributed by atoms with van der Waals surface area (Å²) in [5.41, 5.74) is -2.14. The quantitative estimate of drug-likeness (QED) is 0.357. The Morgan fingerprint density at radius 1 is 1.11 bits per heavy atom. The van der Waals surface area contributed by atoms with Crippen LogP contribution in [0.3, 0.4) is 0 Å². The molecule has 0 fully saturated rings. The fourth-order valence-electron chi connectivity index (χ4n) is 1.27. The molecule has 11 heteroatoms. The molecule has 0 aliphatic heterocycles. The summed E-state index contributed by atoms with van der Waals surface area (Å²) in [6.45, 7) is 0. The Hall–Kier alpha value is 0.410. The van der Waals surface area contributed by atoms with E-state index in [1.165, 1.54) is 18.3 Å². The summed E-state index contributed by atoms with van der Waals surface area (Å²) in [4.78, 5) is 39.2. The molecule has 2 unspecified atom stereocenters. The van der Waals surface area contributed by atoms with Gasteiger partial charge in [0.1, 0.15) is 5.66 Å². The maximum atomic E-state index is 11.2. The van der Waals surface area contributed by atoms with Crippen molar-refractivity contribution in [1.29, 1.82) is 0 Å². The van der Waals surface area contributed by atoms with Crippen LogP contribution < -0.4 is 0 Å².